The van der Waals surface area contributed by atoms with Crippen LogP contribution in [0.5, 0.6) is 0 Å². The number of hydrogen-bond acceptors (Lipinski definition) is 2. The number of rotatable bonds is 4. The van der Waals surface area contributed by atoms with Crippen LogP contribution in [-0.2, 0) is 0 Å². The van der Waals surface area contributed by atoms with E-state index in [1.165, 1.54) is 58.2 Å². The summed E-state index contributed by atoms with van der Waals surface area (Å²) in [5.74, 6) is 0.865. The molecule has 1 aliphatic heterocycles. The normalized spacial score (nSPS) is 26.2. The molecule has 0 aromatic carbocycles. The molecule has 0 bridgehead atoms. The van der Waals surface area contributed by atoms with Crippen molar-refractivity contribution in [2.45, 2.75) is 52.4 Å². The van der Waals surface area contributed by atoms with Crippen LogP contribution in [0.4, 0.5) is 0 Å². The van der Waals surface area contributed by atoms with Crippen molar-refractivity contribution in [3.05, 3.63) is 0 Å². The van der Waals surface area contributed by atoms with Gasteiger partial charge in [0, 0.05) is 26.7 Å². The largest absolute Gasteiger partial charge is 0.245 e. The van der Waals surface area contributed by atoms with Gasteiger partial charge in [-0.1, -0.05) is 33.1 Å². The zero-order chi connectivity index (χ0) is 11.1. The molecule has 0 amide bonds. The molecule has 0 aliphatic carbocycles. The minimum atomic E-state index is 0.865. The molecule has 0 N–H and O–H groups in total. The van der Waals surface area contributed by atoms with Gasteiger partial charge in [0.2, 0.25) is 0 Å². The highest BCUT2D eigenvalue weighted by Gasteiger charge is 2.16. The highest BCUT2D eigenvalue weighted by Crippen LogP contribution is 2.15. The van der Waals surface area contributed by atoms with Gasteiger partial charge in [-0.15, -0.1) is 0 Å². The summed E-state index contributed by atoms with van der Waals surface area (Å²) in [6, 6.07) is 0. The number of hydrogen-bond donors (Lipinski definition) is 0. The lowest BCUT2D eigenvalue weighted by atomic mass is 10.0. The van der Waals surface area contributed by atoms with E-state index in [1.807, 2.05) is 0 Å². The molecule has 0 saturated carbocycles. The summed E-state index contributed by atoms with van der Waals surface area (Å²) in [4.78, 5) is 0. The van der Waals surface area contributed by atoms with Crippen molar-refractivity contribution in [3.8, 4) is 0 Å². The zero-order valence-corrected chi connectivity index (χ0v) is 10.8. The summed E-state index contributed by atoms with van der Waals surface area (Å²) in [6.07, 6.45) is 8.26. The highest BCUT2D eigenvalue weighted by atomic mass is 15.6. The van der Waals surface area contributed by atoms with Crippen molar-refractivity contribution in [2.75, 3.05) is 26.7 Å². The lowest BCUT2D eigenvalue weighted by Crippen LogP contribution is -2.44. The van der Waals surface area contributed by atoms with Crippen molar-refractivity contribution in [1.82, 2.24) is 10.0 Å². The quantitative estimate of drug-likeness (QED) is 0.661. The average molecular weight is 212 g/mol. The summed E-state index contributed by atoms with van der Waals surface area (Å²) < 4.78 is 0. The maximum atomic E-state index is 2.56. The predicted molar refractivity (Wildman–Crippen MR) is 66.7 cm³/mol. The molecule has 0 radical (unpaired) electrons. The Morgan fingerprint density at radius 3 is 2.73 bits per heavy atom. The van der Waals surface area contributed by atoms with Gasteiger partial charge in [-0.25, -0.2) is 10.0 Å². The van der Waals surface area contributed by atoms with Crippen LogP contribution in [0.2, 0.25) is 0 Å². The van der Waals surface area contributed by atoms with E-state index < -0.39 is 0 Å². The van der Waals surface area contributed by atoms with Crippen LogP contribution >= 0.6 is 0 Å². The Morgan fingerprint density at radius 1 is 1.20 bits per heavy atom. The number of nitrogens with zero attached hydrogens (tertiary/aromatic N) is 2. The molecule has 0 aromatic heterocycles. The van der Waals surface area contributed by atoms with Gasteiger partial charge in [-0.3, -0.25) is 0 Å². The monoisotopic (exact) mass is 212 g/mol. The molecule has 0 spiro atoms. The second-order valence-corrected chi connectivity index (χ2v) is 5.10. The molecule has 1 atom stereocenters. The molecule has 90 valence electrons. The molecule has 1 heterocycles. The third-order valence-corrected chi connectivity index (χ3v) is 3.44. The fourth-order valence-corrected chi connectivity index (χ4v) is 2.44. The van der Waals surface area contributed by atoms with E-state index >= 15 is 0 Å². The lowest BCUT2D eigenvalue weighted by molar-refractivity contribution is -0.0229. The first-order valence-electron chi connectivity index (χ1n) is 6.70. The van der Waals surface area contributed by atoms with Crippen LogP contribution in [0.25, 0.3) is 0 Å². The Labute approximate surface area is 95.6 Å². The molecule has 2 heteroatoms. The molecule has 0 aromatic rings. The maximum Gasteiger partial charge on any atom is 0.0155 e. The van der Waals surface area contributed by atoms with Crippen LogP contribution in [0.3, 0.4) is 0 Å². The molecule has 1 rings (SSSR count). The van der Waals surface area contributed by atoms with Crippen molar-refractivity contribution >= 4 is 0 Å². The van der Waals surface area contributed by atoms with Crippen molar-refractivity contribution in [1.29, 1.82) is 0 Å². The van der Waals surface area contributed by atoms with Crippen LogP contribution in [0.1, 0.15) is 52.4 Å². The Hall–Kier alpha value is -0.0800. The minimum absolute atomic E-state index is 0.865. The van der Waals surface area contributed by atoms with E-state index in [0.29, 0.717) is 0 Å². The summed E-state index contributed by atoms with van der Waals surface area (Å²) >= 11 is 0. The topological polar surface area (TPSA) is 6.48 Å². The average Bonchev–Trinajstić information content (AvgIpc) is 2.19. The fraction of sp³-hybridized carbons (Fsp3) is 1.00. The molecule has 2 nitrogen and oxygen atoms in total. The van der Waals surface area contributed by atoms with E-state index in [9.17, 15) is 0 Å². The third-order valence-electron chi connectivity index (χ3n) is 3.44. The first kappa shape index (κ1) is 13.0. The number of hydrazine groups is 1. The number of unbranched alkanes of at least 4 members (excludes halogenated alkanes) is 2. The van der Waals surface area contributed by atoms with Gasteiger partial charge in [0.15, 0.2) is 0 Å². The molecule has 1 fully saturated rings. The SMILES string of the molecule is CCCCCN1CCCCC(C)CN1C. The fourth-order valence-electron chi connectivity index (χ4n) is 2.44. The van der Waals surface area contributed by atoms with E-state index in [0.717, 1.165) is 5.92 Å². The minimum Gasteiger partial charge on any atom is -0.245 e. The maximum absolute atomic E-state index is 2.56. The van der Waals surface area contributed by atoms with Crippen LogP contribution in [0.15, 0.2) is 0 Å². The van der Waals surface area contributed by atoms with Gasteiger partial charge >= 0.3 is 0 Å². The van der Waals surface area contributed by atoms with Crippen molar-refractivity contribution in [3.63, 3.8) is 0 Å². The summed E-state index contributed by atoms with van der Waals surface area (Å²) in [5.41, 5.74) is 0. The van der Waals surface area contributed by atoms with Crippen LogP contribution in [0, 0.1) is 5.92 Å². The Balaban J connectivity index is 2.31. The first-order chi connectivity index (χ1) is 7.24. The predicted octanol–water partition coefficient (Wildman–Crippen LogP) is 3.15. The van der Waals surface area contributed by atoms with E-state index in [-0.39, 0.29) is 0 Å². The van der Waals surface area contributed by atoms with Gasteiger partial charge in [-0.2, -0.15) is 0 Å². The standard InChI is InChI=1S/C13H28N2/c1-4-5-7-10-15-11-8-6-9-13(2)12-14(15)3/h13H,4-12H2,1-3H3. The second kappa shape index (κ2) is 7.24. The first-order valence-corrected chi connectivity index (χ1v) is 6.70. The molecule has 1 saturated heterocycles. The highest BCUT2D eigenvalue weighted by molar-refractivity contribution is 4.65. The molecule has 15 heavy (non-hydrogen) atoms. The van der Waals surface area contributed by atoms with Gasteiger partial charge < -0.3 is 0 Å². The van der Waals surface area contributed by atoms with Crippen molar-refractivity contribution < 1.29 is 0 Å². The molecule has 1 unspecified atom stereocenters. The van der Waals surface area contributed by atoms with E-state index in [4.69, 9.17) is 0 Å². The van der Waals surface area contributed by atoms with Gasteiger partial charge in [0.25, 0.3) is 0 Å². The molecule has 1 aliphatic rings. The Bertz CT molecular complexity index is 159. The Morgan fingerprint density at radius 2 is 2.00 bits per heavy atom. The molecular weight excluding hydrogens is 184 g/mol. The summed E-state index contributed by atoms with van der Waals surface area (Å²) in [7, 11) is 2.26. The smallest absolute Gasteiger partial charge is 0.0155 e. The third kappa shape index (κ3) is 4.98. The van der Waals surface area contributed by atoms with Gasteiger partial charge in [0.05, 0.1) is 0 Å². The molecular formula is C13H28N2. The zero-order valence-electron chi connectivity index (χ0n) is 10.8. The Kier molecular flexibility index (Phi) is 6.26. The van der Waals surface area contributed by atoms with Crippen molar-refractivity contribution in [2.24, 2.45) is 5.92 Å². The van der Waals surface area contributed by atoms with Gasteiger partial charge in [0.1, 0.15) is 0 Å². The summed E-state index contributed by atoms with van der Waals surface area (Å²) in [5, 5.41) is 5.02. The van der Waals surface area contributed by atoms with E-state index in [1.54, 1.807) is 0 Å². The lowest BCUT2D eigenvalue weighted by Gasteiger charge is -2.36. The van der Waals surface area contributed by atoms with E-state index in [2.05, 4.69) is 30.9 Å². The summed E-state index contributed by atoms with van der Waals surface area (Å²) in [6.45, 7) is 8.43. The van der Waals surface area contributed by atoms with Gasteiger partial charge in [-0.05, 0) is 25.2 Å². The van der Waals surface area contributed by atoms with Crippen LogP contribution in [-0.4, -0.2) is 36.7 Å². The second-order valence-electron chi connectivity index (χ2n) is 5.10. The van der Waals surface area contributed by atoms with Crippen LogP contribution < -0.4 is 0 Å².